The van der Waals surface area contributed by atoms with Gasteiger partial charge in [-0.25, -0.2) is 0 Å². The van der Waals surface area contributed by atoms with Crippen molar-refractivity contribution in [1.82, 2.24) is 9.89 Å². The van der Waals surface area contributed by atoms with E-state index in [0.29, 0.717) is 4.91 Å². The first-order chi connectivity index (χ1) is 7.67. The van der Waals surface area contributed by atoms with Gasteiger partial charge in [-0.2, -0.15) is 15.2 Å². The highest BCUT2D eigenvalue weighted by Crippen LogP contribution is 2.30. The number of aromatic nitrogens is 2. The van der Waals surface area contributed by atoms with Crippen molar-refractivity contribution in [2.75, 3.05) is 5.84 Å². The minimum Gasteiger partial charge on any atom is -0.323 e. The van der Waals surface area contributed by atoms with Crippen LogP contribution < -0.4 is 5.84 Å². The molecule has 86 valence electrons. The van der Waals surface area contributed by atoms with Crippen molar-refractivity contribution < 1.29 is 0 Å². The van der Waals surface area contributed by atoms with Gasteiger partial charge >= 0.3 is 0 Å². The van der Waals surface area contributed by atoms with Gasteiger partial charge < -0.3 is 5.84 Å². The summed E-state index contributed by atoms with van der Waals surface area (Å²) in [4.78, 5) is 2.54. The molecule has 2 N–H and O–H groups in total. The van der Waals surface area contributed by atoms with Crippen molar-refractivity contribution in [3.05, 3.63) is 35.5 Å². The van der Waals surface area contributed by atoms with Crippen molar-refractivity contribution in [1.29, 1.82) is 5.26 Å². The molecular formula is C11H16N4S. The topological polar surface area (TPSA) is 67.6 Å². The Kier molecular flexibility index (Phi) is 6.81. The van der Waals surface area contributed by atoms with E-state index in [9.17, 15) is 0 Å². The molecule has 0 spiro atoms. The summed E-state index contributed by atoms with van der Waals surface area (Å²) in [7, 11) is 0. The van der Waals surface area contributed by atoms with Crippen LogP contribution in [0.25, 0.3) is 4.91 Å². The van der Waals surface area contributed by atoms with Gasteiger partial charge in [0.25, 0.3) is 0 Å². The number of hydrogen-bond donors (Lipinski definition) is 1. The lowest BCUT2D eigenvalue weighted by molar-refractivity contribution is 0.827. The Hall–Kier alpha value is -1.67. The van der Waals surface area contributed by atoms with Crippen molar-refractivity contribution in [3.63, 3.8) is 0 Å². The average molecular weight is 236 g/mol. The number of rotatable bonds is 3. The fourth-order valence-corrected chi connectivity index (χ4v) is 1.53. The zero-order chi connectivity index (χ0) is 12.6. The molecule has 0 bridgehead atoms. The normalized spacial score (nSPS) is 10.0. The van der Waals surface area contributed by atoms with E-state index in [0.717, 1.165) is 10.6 Å². The predicted molar refractivity (Wildman–Crippen MR) is 69.7 cm³/mol. The third-order valence-electron chi connectivity index (χ3n) is 1.48. The van der Waals surface area contributed by atoms with E-state index >= 15 is 0 Å². The molecule has 0 fully saturated rings. The van der Waals surface area contributed by atoms with Crippen molar-refractivity contribution in [2.45, 2.75) is 20.8 Å². The smallest absolute Gasteiger partial charge is 0.106 e. The molecule has 0 aromatic carbocycles. The van der Waals surface area contributed by atoms with Gasteiger partial charge in [0.1, 0.15) is 11.8 Å². The number of nitrogens with two attached hydrogens (primary N) is 1. The second kappa shape index (κ2) is 7.60. The molecule has 5 heteroatoms. The third kappa shape index (κ3) is 4.24. The molecule has 0 saturated carbocycles. The maximum atomic E-state index is 8.58. The number of nitriles is 1. The molecule has 0 aliphatic heterocycles. The van der Waals surface area contributed by atoms with E-state index in [2.05, 4.69) is 11.7 Å². The summed E-state index contributed by atoms with van der Waals surface area (Å²) >= 11 is 1.29. The Morgan fingerprint density at radius 3 is 2.69 bits per heavy atom. The second-order valence-electron chi connectivity index (χ2n) is 2.47. The van der Waals surface area contributed by atoms with Crippen molar-refractivity contribution >= 4 is 16.7 Å². The molecule has 0 aliphatic carbocycles. The molecule has 1 rings (SSSR count). The Bertz CT molecular complexity index is 412. The molecule has 0 aliphatic rings. The lowest BCUT2D eigenvalue weighted by Gasteiger charge is -1.99. The molecule has 0 atom stereocenters. The Balaban J connectivity index is 0.00000106. The van der Waals surface area contributed by atoms with Crippen molar-refractivity contribution in [2.24, 2.45) is 0 Å². The Labute approximate surface area is 100 Å². The standard InChI is InChI=1S/C9H10N4S.C2H6/c1-3-9(14-7(2)6-10)8-4-5-13(11)12-8;1-2/h3-5H,2,11H2,1H3;1-2H3/b9-3-;. The van der Waals surface area contributed by atoms with Crippen LogP contribution in [-0.4, -0.2) is 9.89 Å². The molecule has 0 radical (unpaired) electrons. The molecule has 1 aromatic heterocycles. The first-order valence-corrected chi connectivity index (χ1v) is 5.73. The monoisotopic (exact) mass is 236 g/mol. The number of nitrogens with zero attached hydrogens (tertiary/aromatic N) is 3. The fourth-order valence-electron chi connectivity index (χ4n) is 0.884. The summed E-state index contributed by atoms with van der Waals surface area (Å²) in [5, 5.41) is 12.6. The van der Waals surface area contributed by atoms with Crippen LogP contribution in [0.3, 0.4) is 0 Å². The highest BCUT2D eigenvalue weighted by molar-refractivity contribution is 8.12. The van der Waals surface area contributed by atoms with Crippen LogP contribution in [0.1, 0.15) is 26.5 Å². The quantitative estimate of drug-likeness (QED) is 0.647. The summed E-state index contributed by atoms with van der Waals surface area (Å²) < 4.78 is 0. The van der Waals surface area contributed by atoms with Gasteiger partial charge in [-0.15, -0.1) is 0 Å². The molecule has 4 nitrogen and oxygen atoms in total. The van der Waals surface area contributed by atoms with Crippen molar-refractivity contribution in [3.8, 4) is 6.07 Å². The minimum absolute atomic E-state index is 0.435. The van der Waals surface area contributed by atoms with Gasteiger partial charge in [-0.05, 0) is 13.0 Å². The lowest BCUT2D eigenvalue weighted by atomic mass is 10.4. The lowest BCUT2D eigenvalue weighted by Crippen LogP contribution is -2.08. The number of allylic oxidation sites excluding steroid dienone is 2. The van der Waals surface area contributed by atoms with E-state index in [1.807, 2.05) is 32.9 Å². The van der Waals surface area contributed by atoms with Crippen LogP contribution in [-0.2, 0) is 0 Å². The van der Waals surface area contributed by atoms with Crippen LogP contribution in [0, 0.1) is 11.3 Å². The molecule has 1 aromatic rings. The third-order valence-corrected chi connectivity index (χ3v) is 2.48. The minimum atomic E-state index is 0.435. The number of nitrogen functional groups attached to an aromatic ring is 1. The SMILES string of the molecule is C=C(C#N)S/C(=C\C)c1ccn(N)n1.CC. The van der Waals surface area contributed by atoms with Gasteiger partial charge in [0.2, 0.25) is 0 Å². The first kappa shape index (κ1) is 14.3. The first-order valence-electron chi connectivity index (χ1n) is 4.91. The highest BCUT2D eigenvalue weighted by Gasteiger charge is 2.06. The van der Waals surface area contributed by atoms with Gasteiger partial charge in [0.05, 0.1) is 4.91 Å². The molecular weight excluding hydrogens is 220 g/mol. The van der Waals surface area contributed by atoms with Crippen LogP contribution in [0.4, 0.5) is 0 Å². The summed E-state index contributed by atoms with van der Waals surface area (Å²) in [5.41, 5.74) is 0.747. The summed E-state index contributed by atoms with van der Waals surface area (Å²) in [6.45, 7) is 9.47. The van der Waals surface area contributed by atoms with Crippen LogP contribution in [0.5, 0.6) is 0 Å². The predicted octanol–water partition coefficient (Wildman–Crippen LogP) is 2.75. The van der Waals surface area contributed by atoms with E-state index in [1.54, 1.807) is 12.3 Å². The number of thioether (sulfide) groups is 1. The highest BCUT2D eigenvalue weighted by atomic mass is 32.2. The van der Waals surface area contributed by atoms with Gasteiger partial charge in [-0.3, -0.25) is 0 Å². The Morgan fingerprint density at radius 2 is 2.31 bits per heavy atom. The second-order valence-corrected chi connectivity index (χ2v) is 3.61. The maximum Gasteiger partial charge on any atom is 0.106 e. The van der Waals surface area contributed by atoms with Gasteiger partial charge in [0.15, 0.2) is 0 Å². The van der Waals surface area contributed by atoms with E-state index in [4.69, 9.17) is 11.1 Å². The number of hydrogen-bond acceptors (Lipinski definition) is 4. The molecule has 0 amide bonds. The van der Waals surface area contributed by atoms with Crippen LogP contribution in [0.15, 0.2) is 29.8 Å². The summed E-state index contributed by atoms with van der Waals surface area (Å²) in [5.74, 6) is 5.42. The maximum absolute atomic E-state index is 8.58. The van der Waals surface area contributed by atoms with Gasteiger partial charge in [0, 0.05) is 11.1 Å². The molecule has 1 heterocycles. The summed E-state index contributed by atoms with van der Waals surface area (Å²) in [6.07, 6.45) is 3.52. The zero-order valence-corrected chi connectivity index (χ0v) is 10.6. The zero-order valence-electron chi connectivity index (χ0n) is 9.77. The van der Waals surface area contributed by atoms with Crippen LogP contribution in [0.2, 0.25) is 0 Å². The average Bonchev–Trinajstić information content (AvgIpc) is 2.75. The molecule has 0 saturated heterocycles. The van der Waals surface area contributed by atoms with Crippen LogP contribution >= 0.6 is 11.8 Å². The summed E-state index contributed by atoms with van der Waals surface area (Å²) in [6, 6.07) is 3.75. The Morgan fingerprint density at radius 1 is 1.69 bits per heavy atom. The van der Waals surface area contributed by atoms with E-state index in [1.165, 1.54) is 16.6 Å². The van der Waals surface area contributed by atoms with E-state index in [-0.39, 0.29) is 0 Å². The molecule has 16 heavy (non-hydrogen) atoms. The molecule has 0 unspecified atom stereocenters. The van der Waals surface area contributed by atoms with Gasteiger partial charge in [-0.1, -0.05) is 38.3 Å². The van der Waals surface area contributed by atoms with E-state index < -0.39 is 0 Å². The largest absolute Gasteiger partial charge is 0.323 e. The fraction of sp³-hybridized carbons (Fsp3) is 0.273.